The average Bonchev–Trinajstić information content (AvgIpc) is 2.55. The minimum atomic E-state index is -0.673. The van der Waals surface area contributed by atoms with Gasteiger partial charge < -0.3 is 9.52 Å². The molecular formula is C19H18ClFO3. The number of rotatable bonds is 2. The summed E-state index contributed by atoms with van der Waals surface area (Å²) in [4.78, 5) is 11.8. The van der Waals surface area contributed by atoms with E-state index in [1.165, 1.54) is 24.3 Å². The van der Waals surface area contributed by atoms with Crippen LogP contribution >= 0.6 is 11.6 Å². The molecule has 1 heterocycles. The molecule has 0 saturated heterocycles. The van der Waals surface area contributed by atoms with Crippen molar-refractivity contribution >= 4 is 22.6 Å². The molecule has 2 aromatic carbocycles. The second kappa shape index (κ2) is 7.60. The van der Waals surface area contributed by atoms with Crippen molar-refractivity contribution in [1.82, 2.24) is 0 Å². The van der Waals surface area contributed by atoms with Crippen LogP contribution in [-0.4, -0.2) is 5.11 Å². The smallest absolute Gasteiger partial charge is 0.336 e. The second-order valence-corrected chi connectivity index (χ2v) is 5.44. The molecule has 0 aliphatic carbocycles. The first-order valence-corrected chi connectivity index (χ1v) is 8.05. The second-order valence-electron chi connectivity index (χ2n) is 5.03. The van der Waals surface area contributed by atoms with E-state index in [0.717, 1.165) is 0 Å². The molecule has 24 heavy (non-hydrogen) atoms. The summed E-state index contributed by atoms with van der Waals surface area (Å²) in [5.41, 5.74) is 1.56. The van der Waals surface area contributed by atoms with Crippen LogP contribution in [0.25, 0.3) is 22.1 Å². The van der Waals surface area contributed by atoms with Gasteiger partial charge in [-0.15, -0.1) is 0 Å². The Hall–Kier alpha value is -2.17. The SMILES string of the molecule is CC.CC(O)c1ccc2c(-c3ccc(F)cc3Cl)cc(=O)oc2c1. The quantitative estimate of drug-likeness (QED) is 0.636. The summed E-state index contributed by atoms with van der Waals surface area (Å²) in [5.74, 6) is -0.447. The number of benzene rings is 2. The molecule has 3 nitrogen and oxygen atoms in total. The van der Waals surface area contributed by atoms with Crippen LogP contribution in [0.2, 0.25) is 5.02 Å². The van der Waals surface area contributed by atoms with Crippen molar-refractivity contribution in [3.05, 3.63) is 69.3 Å². The Morgan fingerprint density at radius 3 is 2.42 bits per heavy atom. The van der Waals surface area contributed by atoms with Gasteiger partial charge in [0.25, 0.3) is 0 Å². The molecule has 0 saturated carbocycles. The summed E-state index contributed by atoms with van der Waals surface area (Å²) in [5, 5.41) is 10.5. The Balaban J connectivity index is 0.00000100. The lowest BCUT2D eigenvalue weighted by Crippen LogP contribution is -2.00. The number of halogens is 2. The third-order valence-electron chi connectivity index (χ3n) is 3.47. The molecule has 0 spiro atoms. The van der Waals surface area contributed by atoms with E-state index < -0.39 is 17.5 Å². The van der Waals surface area contributed by atoms with Gasteiger partial charge in [0.2, 0.25) is 0 Å². The zero-order valence-corrected chi connectivity index (χ0v) is 14.4. The zero-order valence-electron chi connectivity index (χ0n) is 13.6. The fourth-order valence-electron chi connectivity index (χ4n) is 2.37. The van der Waals surface area contributed by atoms with Gasteiger partial charge in [0.1, 0.15) is 11.4 Å². The van der Waals surface area contributed by atoms with Gasteiger partial charge in [-0.05, 0) is 36.8 Å². The fourth-order valence-corrected chi connectivity index (χ4v) is 2.64. The molecule has 1 atom stereocenters. The third kappa shape index (κ3) is 3.66. The molecular weight excluding hydrogens is 331 g/mol. The maximum atomic E-state index is 13.2. The largest absolute Gasteiger partial charge is 0.423 e. The van der Waals surface area contributed by atoms with Crippen LogP contribution in [0.3, 0.4) is 0 Å². The molecule has 126 valence electrons. The van der Waals surface area contributed by atoms with E-state index in [0.29, 0.717) is 27.7 Å². The van der Waals surface area contributed by atoms with Crippen molar-refractivity contribution in [2.45, 2.75) is 26.9 Å². The van der Waals surface area contributed by atoms with Gasteiger partial charge in [0.15, 0.2) is 0 Å². The van der Waals surface area contributed by atoms with Gasteiger partial charge >= 0.3 is 5.63 Å². The number of aliphatic hydroxyl groups is 1. The van der Waals surface area contributed by atoms with E-state index in [1.807, 2.05) is 13.8 Å². The molecule has 0 radical (unpaired) electrons. The minimum absolute atomic E-state index is 0.214. The number of hydrogen-bond donors (Lipinski definition) is 1. The van der Waals surface area contributed by atoms with E-state index in [9.17, 15) is 14.3 Å². The van der Waals surface area contributed by atoms with E-state index in [2.05, 4.69) is 0 Å². The van der Waals surface area contributed by atoms with Crippen molar-refractivity contribution in [3.63, 3.8) is 0 Å². The predicted molar refractivity (Wildman–Crippen MR) is 94.9 cm³/mol. The van der Waals surface area contributed by atoms with Gasteiger partial charge in [-0.25, -0.2) is 9.18 Å². The summed E-state index contributed by atoms with van der Waals surface area (Å²) >= 11 is 6.09. The fraction of sp³-hybridized carbons (Fsp3) is 0.211. The van der Waals surface area contributed by atoms with Crippen LogP contribution in [-0.2, 0) is 0 Å². The molecule has 3 aromatic rings. The molecule has 0 aliphatic heterocycles. The highest BCUT2D eigenvalue weighted by atomic mass is 35.5. The lowest BCUT2D eigenvalue weighted by atomic mass is 10.00. The summed E-state index contributed by atoms with van der Waals surface area (Å²) in [7, 11) is 0. The predicted octanol–water partition coefficient (Wildman–Crippen LogP) is 5.33. The van der Waals surface area contributed by atoms with Crippen molar-refractivity contribution in [3.8, 4) is 11.1 Å². The Morgan fingerprint density at radius 1 is 1.08 bits per heavy atom. The molecule has 0 amide bonds. The summed E-state index contributed by atoms with van der Waals surface area (Å²) in [6.07, 6.45) is -0.673. The van der Waals surface area contributed by atoms with Gasteiger partial charge in [0.05, 0.1) is 11.1 Å². The van der Waals surface area contributed by atoms with Gasteiger partial charge in [0, 0.05) is 22.6 Å². The topological polar surface area (TPSA) is 50.4 Å². The van der Waals surface area contributed by atoms with Crippen LogP contribution in [0.4, 0.5) is 4.39 Å². The molecule has 0 fully saturated rings. The zero-order chi connectivity index (χ0) is 17.9. The number of fused-ring (bicyclic) bond motifs is 1. The molecule has 1 N–H and O–H groups in total. The van der Waals surface area contributed by atoms with E-state index in [-0.39, 0.29) is 5.02 Å². The van der Waals surface area contributed by atoms with Crippen molar-refractivity contribution in [1.29, 1.82) is 0 Å². The maximum Gasteiger partial charge on any atom is 0.336 e. The first kappa shape index (κ1) is 18.2. The highest BCUT2D eigenvalue weighted by molar-refractivity contribution is 6.33. The van der Waals surface area contributed by atoms with Crippen LogP contribution in [0.5, 0.6) is 0 Å². The van der Waals surface area contributed by atoms with Gasteiger partial charge in [-0.2, -0.15) is 0 Å². The normalized spacial score (nSPS) is 11.8. The first-order valence-electron chi connectivity index (χ1n) is 7.67. The van der Waals surface area contributed by atoms with Crippen LogP contribution in [0, 0.1) is 5.82 Å². The van der Waals surface area contributed by atoms with Gasteiger partial charge in [-0.1, -0.05) is 37.6 Å². The molecule has 1 aromatic heterocycles. The molecule has 0 bridgehead atoms. The van der Waals surface area contributed by atoms with Gasteiger partial charge in [-0.3, -0.25) is 0 Å². The maximum absolute atomic E-state index is 13.2. The summed E-state index contributed by atoms with van der Waals surface area (Å²) in [6.45, 7) is 5.62. The Morgan fingerprint density at radius 2 is 1.79 bits per heavy atom. The minimum Gasteiger partial charge on any atom is -0.423 e. The highest BCUT2D eigenvalue weighted by Crippen LogP contribution is 2.33. The molecule has 1 unspecified atom stereocenters. The van der Waals surface area contributed by atoms with E-state index in [1.54, 1.807) is 25.1 Å². The van der Waals surface area contributed by atoms with Crippen molar-refractivity contribution < 1.29 is 13.9 Å². The third-order valence-corrected chi connectivity index (χ3v) is 3.78. The first-order chi connectivity index (χ1) is 11.5. The molecule has 0 aliphatic rings. The monoisotopic (exact) mass is 348 g/mol. The van der Waals surface area contributed by atoms with E-state index >= 15 is 0 Å². The number of hydrogen-bond acceptors (Lipinski definition) is 3. The molecule has 5 heteroatoms. The summed E-state index contributed by atoms with van der Waals surface area (Å²) < 4.78 is 18.4. The Kier molecular flexibility index (Phi) is 5.75. The standard InChI is InChI=1S/C17H12ClFO3.C2H6/c1-9(20)10-2-4-13-14(8-17(21)22-16(13)6-10)12-5-3-11(19)7-15(12)18;1-2/h2-9,20H,1H3;1-2H3. The van der Waals surface area contributed by atoms with Crippen molar-refractivity contribution in [2.75, 3.05) is 0 Å². The lowest BCUT2D eigenvalue weighted by molar-refractivity contribution is 0.199. The Bertz CT molecular complexity index is 916. The molecule has 3 rings (SSSR count). The van der Waals surface area contributed by atoms with Crippen LogP contribution in [0.1, 0.15) is 32.4 Å². The summed E-state index contributed by atoms with van der Waals surface area (Å²) in [6, 6.07) is 10.4. The average molecular weight is 349 g/mol. The van der Waals surface area contributed by atoms with Crippen LogP contribution in [0.15, 0.2) is 51.7 Å². The van der Waals surface area contributed by atoms with Crippen LogP contribution < -0.4 is 5.63 Å². The van der Waals surface area contributed by atoms with E-state index in [4.69, 9.17) is 16.0 Å². The lowest BCUT2D eigenvalue weighted by Gasteiger charge is -2.10. The highest BCUT2D eigenvalue weighted by Gasteiger charge is 2.13. The van der Waals surface area contributed by atoms with Crippen molar-refractivity contribution in [2.24, 2.45) is 0 Å². The Labute approximate surface area is 144 Å². The number of aliphatic hydroxyl groups excluding tert-OH is 1.